The molecule has 2 aromatic carbocycles. The first-order chi connectivity index (χ1) is 9.99. The molecule has 2 nitrogen and oxygen atoms in total. The fourth-order valence-corrected chi connectivity index (χ4v) is 2.17. The van der Waals surface area contributed by atoms with Gasteiger partial charge < -0.3 is 5.32 Å². The quantitative estimate of drug-likeness (QED) is 0.902. The molecule has 1 atom stereocenters. The van der Waals surface area contributed by atoms with Crippen LogP contribution in [-0.2, 0) is 0 Å². The molecular formula is C17H17F2NO. The lowest BCUT2D eigenvalue weighted by Gasteiger charge is -2.23. The Labute approximate surface area is 122 Å². The first kappa shape index (κ1) is 15.2. The molecular weight excluding hydrogens is 272 g/mol. The van der Waals surface area contributed by atoms with E-state index in [1.54, 1.807) is 18.2 Å². The van der Waals surface area contributed by atoms with Crippen molar-refractivity contribution in [3.63, 3.8) is 0 Å². The summed E-state index contributed by atoms with van der Waals surface area (Å²) in [6, 6.07) is 11.5. The highest BCUT2D eigenvalue weighted by Crippen LogP contribution is 2.22. The van der Waals surface area contributed by atoms with E-state index in [2.05, 4.69) is 5.32 Å². The topological polar surface area (TPSA) is 29.1 Å². The van der Waals surface area contributed by atoms with Crippen molar-refractivity contribution in [1.29, 1.82) is 0 Å². The number of carbonyl (C=O) groups is 1. The van der Waals surface area contributed by atoms with E-state index in [4.69, 9.17) is 0 Å². The Balaban J connectivity index is 2.23. The van der Waals surface area contributed by atoms with E-state index < -0.39 is 11.7 Å². The second-order valence-electron chi connectivity index (χ2n) is 5.23. The van der Waals surface area contributed by atoms with Crippen molar-refractivity contribution in [2.75, 3.05) is 0 Å². The van der Waals surface area contributed by atoms with Crippen LogP contribution in [0.15, 0.2) is 48.5 Å². The molecule has 0 fully saturated rings. The summed E-state index contributed by atoms with van der Waals surface area (Å²) in [6.45, 7) is 3.88. The maximum absolute atomic E-state index is 13.6. The van der Waals surface area contributed by atoms with E-state index in [1.807, 2.05) is 13.8 Å². The average Bonchev–Trinajstić information content (AvgIpc) is 2.46. The fraction of sp³-hybridized carbons (Fsp3) is 0.235. The standard InChI is InChI=1S/C17H17F2NO/c1-11(2)16(12-7-9-13(18)10-8-12)20-17(21)14-5-3-4-6-15(14)19/h3-11,16H,1-2H3,(H,20,21). The molecule has 0 bridgehead atoms. The van der Waals surface area contributed by atoms with Crippen LogP contribution >= 0.6 is 0 Å². The molecule has 0 aromatic heterocycles. The molecule has 1 amide bonds. The van der Waals surface area contributed by atoms with Gasteiger partial charge in [-0.25, -0.2) is 8.78 Å². The van der Waals surface area contributed by atoms with Gasteiger partial charge in [-0.1, -0.05) is 38.1 Å². The zero-order valence-electron chi connectivity index (χ0n) is 11.9. The van der Waals surface area contributed by atoms with E-state index in [9.17, 15) is 13.6 Å². The molecule has 0 heterocycles. The molecule has 0 aliphatic rings. The minimum atomic E-state index is -0.559. The smallest absolute Gasteiger partial charge is 0.254 e. The second-order valence-corrected chi connectivity index (χ2v) is 5.23. The van der Waals surface area contributed by atoms with Crippen LogP contribution in [-0.4, -0.2) is 5.91 Å². The summed E-state index contributed by atoms with van der Waals surface area (Å²) in [4.78, 5) is 12.2. The van der Waals surface area contributed by atoms with Crippen LogP contribution < -0.4 is 5.32 Å². The van der Waals surface area contributed by atoms with Crippen molar-refractivity contribution in [2.45, 2.75) is 19.9 Å². The Morgan fingerprint density at radius 3 is 2.19 bits per heavy atom. The lowest BCUT2D eigenvalue weighted by atomic mass is 9.95. The molecule has 1 unspecified atom stereocenters. The summed E-state index contributed by atoms with van der Waals surface area (Å²) >= 11 is 0. The van der Waals surface area contributed by atoms with Gasteiger partial charge in [0.25, 0.3) is 5.91 Å². The zero-order chi connectivity index (χ0) is 15.4. The van der Waals surface area contributed by atoms with Gasteiger partial charge in [0.15, 0.2) is 0 Å². The molecule has 0 aliphatic heterocycles. The molecule has 1 N–H and O–H groups in total. The molecule has 21 heavy (non-hydrogen) atoms. The molecule has 4 heteroatoms. The van der Waals surface area contributed by atoms with Crippen molar-refractivity contribution in [3.8, 4) is 0 Å². The summed E-state index contributed by atoms with van der Waals surface area (Å²) in [5.74, 6) is -1.28. The minimum Gasteiger partial charge on any atom is -0.345 e. The maximum atomic E-state index is 13.6. The number of benzene rings is 2. The monoisotopic (exact) mass is 289 g/mol. The van der Waals surface area contributed by atoms with Gasteiger partial charge in [-0.05, 0) is 35.7 Å². The molecule has 0 radical (unpaired) electrons. The van der Waals surface area contributed by atoms with Gasteiger partial charge in [-0.3, -0.25) is 4.79 Å². The normalized spacial score (nSPS) is 12.2. The third-order valence-electron chi connectivity index (χ3n) is 3.30. The van der Waals surface area contributed by atoms with Gasteiger partial charge in [0, 0.05) is 0 Å². The number of hydrogen-bond acceptors (Lipinski definition) is 1. The third kappa shape index (κ3) is 3.66. The zero-order valence-corrected chi connectivity index (χ0v) is 11.9. The average molecular weight is 289 g/mol. The van der Waals surface area contributed by atoms with Crippen LogP contribution in [0.5, 0.6) is 0 Å². The number of nitrogens with one attached hydrogen (secondary N) is 1. The van der Waals surface area contributed by atoms with Crippen LogP contribution in [0.25, 0.3) is 0 Å². The fourth-order valence-electron chi connectivity index (χ4n) is 2.17. The highest BCUT2D eigenvalue weighted by atomic mass is 19.1. The Morgan fingerprint density at radius 1 is 1.00 bits per heavy atom. The molecule has 110 valence electrons. The first-order valence-corrected chi connectivity index (χ1v) is 6.80. The molecule has 0 spiro atoms. The Kier molecular flexibility index (Phi) is 4.68. The Morgan fingerprint density at radius 2 is 1.62 bits per heavy atom. The van der Waals surface area contributed by atoms with Crippen LogP contribution in [0.1, 0.15) is 35.8 Å². The molecule has 0 saturated carbocycles. The van der Waals surface area contributed by atoms with Gasteiger partial charge in [0.1, 0.15) is 11.6 Å². The molecule has 0 aliphatic carbocycles. The number of carbonyl (C=O) groups excluding carboxylic acids is 1. The summed E-state index contributed by atoms with van der Waals surface area (Å²) in [5, 5.41) is 2.81. The van der Waals surface area contributed by atoms with Gasteiger partial charge in [0.05, 0.1) is 11.6 Å². The lowest BCUT2D eigenvalue weighted by Crippen LogP contribution is -2.32. The van der Waals surface area contributed by atoms with Crippen molar-refractivity contribution >= 4 is 5.91 Å². The van der Waals surface area contributed by atoms with Crippen LogP contribution in [0.2, 0.25) is 0 Å². The first-order valence-electron chi connectivity index (χ1n) is 6.80. The SMILES string of the molecule is CC(C)C(NC(=O)c1ccccc1F)c1ccc(F)cc1. The Bertz CT molecular complexity index is 623. The second kappa shape index (κ2) is 6.48. The largest absolute Gasteiger partial charge is 0.345 e. The van der Waals surface area contributed by atoms with Crippen molar-refractivity contribution in [2.24, 2.45) is 5.92 Å². The predicted molar refractivity (Wildman–Crippen MR) is 77.8 cm³/mol. The molecule has 0 saturated heterocycles. The number of halogens is 2. The van der Waals surface area contributed by atoms with Crippen molar-refractivity contribution < 1.29 is 13.6 Å². The highest BCUT2D eigenvalue weighted by Gasteiger charge is 2.20. The summed E-state index contributed by atoms with van der Waals surface area (Å²) in [6.07, 6.45) is 0. The van der Waals surface area contributed by atoms with E-state index in [-0.39, 0.29) is 23.3 Å². The van der Waals surface area contributed by atoms with Gasteiger partial charge in [-0.2, -0.15) is 0 Å². The predicted octanol–water partition coefficient (Wildman–Crippen LogP) is 4.09. The number of amides is 1. The maximum Gasteiger partial charge on any atom is 0.254 e. The summed E-state index contributed by atoms with van der Waals surface area (Å²) < 4.78 is 26.6. The summed E-state index contributed by atoms with van der Waals surface area (Å²) in [5.41, 5.74) is 0.793. The molecule has 2 aromatic rings. The van der Waals surface area contributed by atoms with Gasteiger partial charge in [-0.15, -0.1) is 0 Å². The van der Waals surface area contributed by atoms with E-state index >= 15 is 0 Å². The van der Waals surface area contributed by atoms with E-state index in [1.165, 1.54) is 30.3 Å². The van der Waals surface area contributed by atoms with Crippen LogP contribution in [0, 0.1) is 17.6 Å². The van der Waals surface area contributed by atoms with Crippen molar-refractivity contribution in [3.05, 3.63) is 71.3 Å². The summed E-state index contributed by atoms with van der Waals surface area (Å²) in [7, 11) is 0. The van der Waals surface area contributed by atoms with Crippen LogP contribution in [0.4, 0.5) is 8.78 Å². The Hall–Kier alpha value is -2.23. The number of hydrogen-bond donors (Lipinski definition) is 1. The van der Waals surface area contributed by atoms with E-state index in [0.29, 0.717) is 0 Å². The van der Waals surface area contributed by atoms with Gasteiger partial charge in [0.2, 0.25) is 0 Å². The van der Waals surface area contributed by atoms with E-state index in [0.717, 1.165) is 5.56 Å². The third-order valence-corrected chi connectivity index (χ3v) is 3.30. The lowest BCUT2D eigenvalue weighted by molar-refractivity contribution is 0.0921. The van der Waals surface area contributed by atoms with Crippen LogP contribution in [0.3, 0.4) is 0 Å². The number of rotatable bonds is 4. The highest BCUT2D eigenvalue weighted by molar-refractivity contribution is 5.94. The molecule has 2 rings (SSSR count). The van der Waals surface area contributed by atoms with Crippen molar-refractivity contribution in [1.82, 2.24) is 5.32 Å². The minimum absolute atomic E-state index is 0.00487. The van der Waals surface area contributed by atoms with Gasteiger partial charge >= 0.3 is 0 Å².